The van der Waals surface area contributed by atoms with Crippen molar-refractivity contribution in [3.05, 3.63) is 71.4 Å². The molecule has 0 saturated carbocycles. The maximum absolute atomic E-state index is 13.2. The summed E-state index contributed by atoms with van der Waals surface area (Å²) in [5.41, 5.74) is 0.412. The lowest BCUT2D eigenvalue weighted by molar-refractivity contribution is -0.137. The third-order valence-corrected chi connectivity index (χ3v) is 5.17. The van der Waals surface area contributed by atoms with Crippen molar-refractivity contribution < 1.29 is 21.6 Å². The highest BCUT2D eigenvalue weighted by molar-refractivity contribution is 7.90. The number of hydrogen-bond acceptors (Lipinski definition) is 2. The van der Waals surface area contributed by atoms with Crippen molar-refractivity contribution >= 4 is 21.4 Å². The van der Waals surface area contributed by atoms with E-state index in [2.05, 4.69) is 0 Å². The molecule has 0 spiro atoms. The zero-order chi connectivity index (χ0) is 19.1. The Morgan fingerprint density at radius 1 is 1.00 bits per heavy atom. The van der Waals surface area contributed by atoms with Crippen LogP contribution >= 0.6 is 11.6 Å². The highest BCUT2D eigenvalue weighted by Gasteiger charge is 2.33. The molecule has 0 bridgehead atoms. The van der Waals surface area contributed by atoms with Gasteiger partial charge in [0.15, 0.2) is 9.84 Å². The van der Waals surface area contributed by atoms with Gasteiger partial charge in [-0.15, -0.1) is 0 Å². The zero-order valence-corrected chi connectivity index (χ0v) is 15.0. The van der Waals surface area contributed by atoms with E-state index in [4.69, 9.17) is 11.6 Å². The molecule has 0 saturated heterocycles. The van der Waals surface area contributed by atoms with Gasteiger partial charge in [-0.05, 0) is 48.0 Å². The Kier molecular flexibility index (Phi) is 4.62. The van der Waals surface area contributed by atoms with Crippen LogP contribution in [0.4, 0.5) is 13.2 Å². The quantitative estimate of drug-likeness (QED) is 0.605. The van der Waals surface area contributed by atoms with E-state index in [1.807, 2.05) is 0 Å². The molecule has 0 fully saturated rings. The minimum atomic E-state index is -4.51. The number of sulfone groups is 1. The molecular weight excluding hydrogens is 387 g/mol. The molecule has 8 heteroatoms. The largest absolute Gasteiger partial charge is 0.417 e. The van der Waals surface area contributed by atoms with Crippen LogP contribution in [-0.4, -0.2) is 19.2 Å². The number of aromatic nitrogens is 1. The SMILES string of the molecule is CS(=O)(=O)c1ccc(-n2cc(C(F)(F)F)cc2-c2cccc(Cl)c2)cc1. The fraction of sp³-hybridized carbons (Fsp3) is 0.111. The summed E-state index contributed by atoms with van der Waals surface area (Å²) in [4.78, 5) is 0.0914. The molecule has 1 heterocycles. The molecule has 0 unspecified atom stereocenters. The van der Waals surface area contributed by atoms with Crippen LogP contribution in [0.2, 0.25) is 5.02 Å². The van der Waals surface area contributed by atoms with Crippen molar-refractivity contribution in [1.82, 2.24) is 4.57 Å². The molecule has 1 aromatic heterocycles. The Hall–Kier alpha value is -2.25. The molecule has 0 aliphatic carbocycles. The average molecular weight is 400 g/mol. The second-order valence-electron chi connectivity index (χ2n) is 5.76. The van der Waals surface area contributed by atoms with E-state index < -0.39 is 21.6 Å². The van der Waals surface area contributed by atoms with Gasteiger partial charge in [0.25, 0.3) is 0 Å². The Balaban J connectivity index is 2.18. The zero-order valence-electron chi connectivity index (χ0n) is 13.5. The van der Waals surface area contributed by atoms with Gasteiger partial charge in [0, 0.05) is 23.2 Å². The maximum Gasteiger partial charge on any atom is 0.417 e. The number of nitrogens with zero attached hydrogens (tertiary/aromatic N) is 1. The van der Waals surface area contributed by atoms with E-state index in [1.54, 1.807) is 24.3 Å². The molecule has 0 N–H and O–H groups in total. The smallest absolute Gasteiger partial charge is 0.316 e. The number of hydrogen-bond donors (Lipinski definition) is 0. The van der Waals surface area contributed by atoms with Crippen LogP contribution in [0.25, 0.3) is 16.9 Å². The molecule has 0 aliphatic heterocycles. The van der Waals surface area contributed by atoms with E-state index in [1.165, 1.54) is 28.8 Å². The van der Waals surface area contributed by atoms with Gasteiger partial charge in [-0.3, -0.25) is 0 Å². The van der Waals surface area contributed by atoms with E-state index in [-0.39, 0.29) is 4.90 Å². The summed E-state index contributed by atoms with van der Waals surface area (Å²) < 4.78 is 64.1. The van der Waals surface area contributed by atoms with Crippen LogP contribution in [0, 0.1) is 0 Å². The molecule has 136 valence electrons. The van der Waals surface area contributed by atoms with Gasteiger partial charge in [0.05, 0.1) is 16.2 Å². The number of rotatable bonds is 3. The monoisotopic (exact) mass is 399 g/mol. The topological polar surface area (TPSA) is 39.1 Å². The van der Waals surface area contributed by atoms with Crippen LogP contribution in [0.1, 0.15) is 5.56 Å². The minimum Gasteiger partial charge on any atom is -0.316 e. The van der Waals surface area contributed by atoms with E-state index in [9.17, 15) is 21.6 Å². The first-order valence-electron chi connectivity index (χ1n) is 7.42. The fourth-order valence-corrected chi connectivity index (χ4v) is 3.38. The molecule has 0 atom stereocenters. The van der Waals surface area contributed by atoms with Gasteiger partial charge in [-0.2, -0.15) is 13.2 Å². The predicted molar refractivity (Wildman–Crippen MR) is 94.3 cm³/mol. The fourth-order valence-electron chi connectivity index (χ4n) is 2.56. The van der Waals surface area contributed by atoms with Crippen LogP contribution in [0.3, 0.4) is 0 Å². The van der Waals surface area contributed by atoms with Crippen molar-refractivity contribution in [2.24, 2.45) is 0 Å². The molecular formula is C18H13ClF3NO2S. The first kappa shape index (κ1) is 18.5. The second kappa shape index (κ2) is 6.48. The predicted octanol–water partition coefficient (Wildman–Crippen LogP) is 5.22. The number of halogens is 4. The number of alkyl halides is 3. The highest BCUT2D eigenvalue weighted by Crippen LogP contribution is 2.36. The summed E-state index contributed by atoms with van der Waals surface area (Å²) in [6.45, 7) is 0. The lowest BCUT2D eigenvalue weighted by atomic mass is 10.1. The standard InChI is InChI=1S/C18H13ClF3NO2S/c1-26(24,25)16-7-5-15(6-8-16)23-11-13(18(20,21)22)10-17(23)12-3-2-4-14(19)9-12/h2-11H,1H3. The Morgan fingerprint density at radius 3 is 2.19 bits per heavy atom. The van der Waals surface area contributed by atoms with Gasteiger partial charge >= 0.3 is 6.18 Å². The lowest BCUT2D eigenvalue weighted by Crippen LogP contribution is -2.03. The second-order valence-corrected chi connectivity index (χ2v) is 8.21. The third kappa shape index (κ3) is 3.78. The summed E-state index contributed by atoms with van der Waals surface area (Å²) in [5.74, 6) is 0. The van der Waals surface area contributed by atoms with Crippen molar-refractivity contribution in [2.45, 2.75) is 11.1 Å². The lowest BCUT2D eigenvalue weighted by Gasteiger charge is -2.10. The molecule has 26 heavy (non-hydrogen) atoms. The van der Waals surface area contributed by atoms with E-state index >= 15 is 0 Å². The molecule has 2 aromatic carbocycles. The van der Waals surface area contributed by atoms with Gasteiger partial charge in [-0.25, -0.2) is 8.42 Å². The minimum absolute atomic E-state index is 0.0914. The summed E-state index contributed by atoms with van der Waals surface area (Å²) in [7, 11) is -3.39. The Labute approximate surface area is 153 Å². The van der Waals surface area contributed by atoms with E-state index in [0.717, 1.165) is 18.5 Å². The van der Waals surface area contributed by atoms with Crippen molar-refractivity contribution in [3.63, 3.8) is 0 Å². The normalized spacial score (nSPS) is 12.3. The van der Waals surface area contributed by atoms with Gasteiger partial charge in [0.2, 0.25) is 0 Å². The third-order valence-electron chi connectivity index (χ3n) is 3.81. The molecule has 0 radical (unpaired) electrons. The maximum atomic E-state index is 13.2. The molecule has 3 aromatic rings. The Bertz CT molecular complexity index is 1050. The van der Waals surface area contributed by atoms with Crippen LogP contribution in [0.15, 0.2) is 65.7 Å². The summed E-state index contributed by atoms with van der Waals surface area (Å²) in [6.07, 6.45) is -2.46. The highest BCUT2D eigenvalue weighted by atomic mass is 35.5. The van der Waals surface area contributed by atoms with E-state index in [0.29, 0.717) is 22.0 Å². The molecule has 3 rings (SSSR count). The summed E-state index contributed by atoms with van der Waals surface area (Å²) in [5, 5.41) is 0.399. The first-order chi connectivity index (χ1) is 12.1. The Morgan fingerprint density at radius 2 is 1.65 bits per heavy atom. The average Bonchev–Trinajstić information content (AvgIpc) is 3.00. The summed E-state index contributed by atoms with van der Waals surface area (Å²) in [6, 6.07) is 13.2. The van der Waals surface area contributed by atoms with Gasteiger partial charge in [-0.1, -0.05) is 23.7 Å². The molecule has 3 nitrogen and oxygen atoms in total. The summed E-state index contributed by atoms with van der Waals surface area (Å²) >= 11 is 5.96. The van der Waals surface area contributed by atoms with Crippen LogP contribution < -0.4 is 0 Å². The van der Waals surface area contributed by atoms with Crippen LogP contribution in [-0.2, 0) is 16.0 Å². The number of benzene rings is 2. The van der Waals surface area contributed by atoms with Crippen LogP contribution in [0.5, 0.6) is 0 Å². The first-order valence-corrected chi connectivity index (χ1v) is 9.69. The van der Waals surface area contributed by atoms with Gasteiger partial charge in [0.1, 0.15) is 0 Å². The van der Waals surface area contributed by atoms with Crippen molar-refractivity contribution in [2.75, 3.05) is 6.26 Å². The van der Waals surface area contributed by atoms with Crippen molar-refractivity contribution in [3.8, 4) is 16.9 Å². The molecule has 0 aliphatic rings. The van der Waals surface area contributed by atoms with Gasteiger partial charge < -0.3 is 4.57 Å². The molecule has 0 amide bonds. The van der Waals surface area contributed by atoms with Crippen molar-refractivity contribution in [1.29, 1.82) is 0 Å².